The van der Waals surface area contributed by atoms with Gasteiger partial charge in [0.05, 0.1) is 12.2 Å². The summed E-state index contributed by atoms with van der Waals surface area (Å²) in [6, 6.07) is 3.33. The van der Waals surface area contributed by atoms with E-state index in [4.69, 9.17) is 0 Å². The van der Waals surface area contributed by atoms with Crippen LogP contribution in [-0.4, -0.2) is 26.1 Å². The van der Waals surface area contributed by atoms with Crippen LogP contribution in [0.3, 0.4) is 0 Å². The molecule has 0 aliphatic rings. The normalized spacial score (nSPS) is 11.5. The highest BCUT2D eigenvalue weighted by atomic mass is 19.2. The number of carbonyl (C=O) groups is 1. The largest absolute Gasteiger partial charge is 0.348 e. The third-order valence-corrected chi connectivity index (χ3v) is 2.77. The van der Waals surface area contributed by atoms with Crippen molar-refractivity contribution >= 4 is 5.91 Å². The Labute approximate surface area is 120 Å². The maximum atomic E-state index is 13.2. The quantitative estimate of drug-likeness (QED) is 0.933. The summed E-state index contributed by atoms with van der Waals surface area (Å²) in [5, 5.41) is 13.7. The zero-order valence-electron chi connectivity index (χ0n) is 11.9. The average Bonchev–Trinajstić information content (AvgIpc) is 2.86. The minimum atomic E-state index is -0.993. The van der Waals surface area contributed by atoms with Gasteiger partial charge in [0.15, 0.2) is 17.5 Å². The lowest BCUT2D eigenvalue weighted by Gasteiger charge is -2.17. The lowest BCUT2D eigenvalue weighted by molar-refractivity contribution is -0.128. The third kappa shape index (κ3) is 3.39. The molecule has 0 spiro atoms. The Morgan fingerprint density at radius 3 is 2.62 bits per heavy atom. The van der Waals surface area contributed by atoms with Crippen molar-refractivity contribution in [2.24, 2.45) is 5.41 Å². The van der Waals surface area contributed by atoms with Gasteiger partial charge in [-0.3, -0.25) is 4.79 Å². The standard InChI is InChI=1S/C13H15F2N5O/c1-13(2,3)12(21)16-7-11-17-18-19-20(11)8-4-5-9(14)10(15)6-8/h4-6H,7H2,1-3H3,(H,16,21). The first kappa shape index (κ1) is 15.0. The third-order valence-electron chi connectivity index (χ3n) is 2.77. The topological polar surface area (TPSA) is 72.7 Å². The van der Waals surface area contributed by atoms with Gasteiger partial charge in [0, 0.05) is 11.5 Å². The molecular formula is C13H15F2N5O. The van der Waals surface area contributed by atoms with Gasteiger partial charge in [0.2, 0.25) is 5.91 Å². The lowest BCUT2D eigenvalue weighted by Crippen LogP contribution is -2.35. The first-order chi connectivity index (χ1) is 9.79. The van der Waals surface area contributed by atoms with Gasteiger partial charge in [-0.05, 0) is 22.6 Å². The van der Waals surface area contributed by atoms with Crippen molar-refractivity contribution in [3.63, 3.8) is 0 Å². The highest BCUT2D eigenvalue weighted by molar-refractivity contribution is 5.81. The fourth-order valence-corrected chi connectivity index (χ4v) is 1.56. The van der Waals surface area contributed by atoms with Crippen molar-refractivity contribution < 1.29 is 13.6 Å². The Hall–Kier alpha value is -2.38. The van der Waals surface area contributed by atoms with Crippen molar-refractivity contribution in [2.75, 3.05) is 0 Å². The van der Waals surface area contributed by atoms with Gasteiger partial charge in [-0.1, -0.05) is 20.8 Å². The summed E-state index contributed by atoms with van der Waals surface area (Å²) in [6.45, 7) is 5.42. The second-order valence-corrected chi connectivity index (χ2v) is 5.54. The number of nitrogens with one attached hydrogen (secondary N) is 1. The Kier molecular flexibility index (Phi) is 3.97. The van der Waals surface area contributed by atoms with E-state index in [-0.39, 0.29) is 18.1 Å². The number of benzene rings is 1. The van der Waals surface area contributed by atoms with Crippen LogP contribution in [0, 0.1) is 17.0 Å². The zero-order chi connectivity index (χ0) is 15.6. The SMILES string of the molecule is CC(C)(C)C(=O)NCc1nnnn1-c1ccc(F)c(F)c1. The Morgan fingerprint density at radius 2 is 2.00 bits per heavy atom. The monoisotopic (exact) mass is 295 g/mol. The van der Waals surface area contributed by atoms with Crippen molar-refractivity contribution in [2.45, 2.75) is 27.3 Å². The van der Waals surface area contributed by atoms with E-state index in [0.29, 0.717) is 5.82 Å². The molecule has 6 nitrogen and oxygen atoms in total. The van der Waals surface area contributed by atoms with E-state index < -0.39 is 17.0 Å². The molecule has 0 bridgehead atoms. The molecule has 1 N–H and O–H groups in total. The summed E-state index contributed by atoms with van der Waals surface area (Å²) in [6.07, 6.45) is 0. The van der Waals surface area contributed by atoms with E-state index in [0.717, 1.165) is 12.1 Å². The fraction of sp³-hybridized carbons (Fsp3) is 0.385. The minimum absolute atomic E-state index is 0.0854. The molecule has 1 heterocycles. The molecule has 2 aromatic rings. The minimum Gasteiger partial charge on any atom is -0.348 e. The highest BCUT2D eigenvalue weighted by Gasteiger charge is 2.21. The molecule has 0 saturated heterocycles. The molecular weight excluding hydrogens is 280 g/mol. The molecule has 1 aromatic heterocycles. The Bertz CT molecular complexity index is 663. The first-order valence-electron chi connectivity index (χ1n) is 6.30. The molecule has 1 amide bonds. The second kappa shape index (κ2) is 5.55. The molecule has 0 aliphatic heterocycles. The second-order valence-electron chi connectivity index (χ2n) is 5.54. The predicted molar refractivity (Wildman–Crippen MR) is 70.4 cm³/mol. The summed E-state index contributed by atoms with van der Waals surface area (Å²) in [5.41, 5.74) is -0.265. The number of nitrogens with zero attached hydrogens (tertiary/aromatic N) is 4. The van der Waals surface area contributed by atoms with Crippen LogP contribution in [0.5, 0.6) is 0 Å². The molecule has 0 atom stereocenters. The van der Waals surface area contributed by atoms with Gasteiger partial charge in [-0.25, -0.2) is 8.78 Å². The van der Waals surface area contributed by atoms with Gasteiger partial charge in [0.1, 0.15) is 0 Å². The van der Waals surface area contributed by atoms with Crippen LogP contribution in [-0.2, 0) is 11.3 Å². The van der Waals surface area contributed by atoms with Crippen LogP contribution in [0.4, 0.5) is 8.78 Å². The van der Waals surface area contributed by atoms with E-state index in [1.54, 1.807) is 20.8 Å². The van der Waals surface area contributed by atoms with E-state index in [1.807, 2.05) is 0 Å². The summed E-state index contributed by atoms with van der Waals surface area (Å²) >= 11 is 0. The van der Waals surface area contributed by atoms with Crippen molar-refractivity contribution in [1.82, 2.24) is 25.5 Å². The maximum absolute atomic E-state index is 13.2. The van der Waals surface area contributed by atoms with Crippen LogP contribution < -0.4 is 5.32 Å². The van der Waals surface area contributed by atoms with E-state index in [9.17, 15) is 13.6 Å². The van der Waals surface area contributed by atoms with Gasteiger partial charge >= 0.3 is 0 Å². The van der Waals surface area contributed by atoms with Crippen LogP contribution in [0.25, 0.3) is 5.69 Å². The van der Waals surface area contributed by atoms with Gasteiger partial charge < -0.3 is 5.32 Å². The van der Waals surface area contributed by atoms with Gasteiger partial charge in [-0.15, -0.1) is 5.10 Å². The van der Waals surface area contributed by atoms with Crippen molar-refractivity contribution in [1.29, 1.82) is 0 Å². The van der Waals surface area contributed by atoms with Gasteiger partial charge in [-0.2, -0.15) is 4.68 Å². The molecule has 0 aliphatic carbocycles. The Balaban J connectivity index is 2.19. The number of hydrogen-bond donors (Lipinski definition) is 1. The predicted octanol–water partition coefficient (Wildman–Crippen LogP) is 1.60. The maximum Gasteiger partial charge on any atom is 0.225 e. The molecule has 0 fully saturated rings. The number of amides is 1. The molecule has 112 valence electrons. The zero-order valence-corrected chi connectivity index (χ0v) is 11.9. The molecule has 0 unspecified atom stereocenters. The summed E-state index contributed by atoms with van der Waals surface area (Å²) in [7, 11) is 0. The molecule has 8 heteroatoms. The number of aromatic nitrogens is 4. The smallest absolute Gasteiger partial charge is 0.225 e. The summed E-state index contributed by atoms with van der Waals surface area (Å²) < 4.78 is 27.4. The van der Waals surface area contributed by atoms with Crippen LogP contribution in [0.1, 0.15) is 26.6 Å². The molecule has 0 saturated carbocycles. The van der Waals surface area contributed by atoms with Crippen molar-refractivity contribution in [3.05, 3.63) is 35.7 Å². The Morgan fingerprint density at radius 1 is 1.29 bits per heavy atom. The summed E-state index contributed by atoms with van der Waals surface area (Å²) in [4.78, 5) is 11.8. The average molecular weight is 295 g/mol. The van der Waals surface area contributed by atoms with Gasteiger partial charge in [0.25, 0.3) is 0 Å². The van der Waals surface area contributed by atoms with E-state index in [1.165, 1.54) is 10.7 Å². The molecule has 2 rings (SSSR count). The first-order valence-corrected chi connectivity index (χ1v) is 6.30. The van der Waals surface area contributed by atoms with Crippen LogP contribution in [0.15, 0.2) is 18.2 Å². The van der Waals surface area contributed by atoms with E-state index in [2.05, 4.69) is 20.8 Å². The number of hydrogen-bond acceptors (Lipinski definition) is 4. The van der Waals surface area contributed by atoms with E-state index >= 15 is 0 Å². The highest BCUT2D eigenvalue weighted by Crippen LogP contribution is 2.15. The fourth-order valence-electron chi connectivity index (χ4n) is 1.56. The van der Waals surface area contributed by atoms with Crippen LogP contribution >= 0.6 is 0 Å². The number of tetrazole rings is 1. The number of carbonyl (C=O) groups excluding carboxylic acids is 1. The van der Waals surface area contributed by atoms with Crippen molar-refractivity contribution in [3.8, 4) is 5.69 Å². The number of rotatable bonds is 3. The molecule has 21 heavy (non-hydrogen) atoms. The molecule has 0 radical (unpaired) electrons. The van der Waals surface area contributed by atoms with Crippen LogP contribution in [0.2, 0.25) is 0 Å². The molecule has 1 aromatic carbocycles. The number of halogens is 2. The lowest BCUT2D eigenvalue weighted by atomic mass is 9.96. The summed E-state index contributed by atoms with van der Waals surface area (Å²) in [5.74, 6) is -1.79.